The molecule has 0 aliphatic carbocycles. The first-order valence-corrected chi connectivity index (χ1v) is 9.70. The predicted octanol–water partition coefficient (Wildman–Crippen LogP) is 2.02. The summed E-state index contributed by atoms with van der Waals surface area (Å²) in [4.78, 5) is 5.45. The van der Waals surface area contributed by atoms with Crippen LogP contribution in [-0.2, 0) is 11.2 Å². The van der Waals surface area contributed by atoms with Crippen molar-refractivity contribution in [3.63, 3.8) is 0 Å². The van der Waals surface area contributed by atoms with E-state index in [-0.39, 0.29) is 0 Å². The van der Waals surface area contributed by atoms with Crippen molar-refractivity contribution in [1.82, 2.24) is 15.1 Å². The van der Waals surface area contributed by atoms with Gasteiger partial charge >= 0.3 is 0 Å². The Morgan fingerprint density at radius 2 is 1.88 bits per heavy atom. The van der Waals surface area contributed by atoms with Gasteiger partial charge in [-0.3, -0.25) is 9.80 Å². The van der Waals surface area contributed by atoms with Crippen molar-refractivity contribution in [3.05, 3.63) is 34.9 Å². The topological polar surface area (TPSA) is 27.7 Å². The molecule has 5 heteroatoms. The van der Waals surface area contributed by atoms with E-state index in [0.717, 1.165) is 50.8 Å². The maximum absolute atomic E-state index is 6.06. The zero-order valence-electron chi connectivity index (χ0n) is 14.3. The van der Waals surface area contributed by atoms with Gasteiger partial charge in [-0.25, -0.2) is 0 Å². The molecule has 1 aromatic rings. The molecular weight excluding hydrogens is 322 g/mol. The molecule has 4 rings (SSSR count). The summed E-state index contributed by atoms with van der Waals surface area (Å²) in [5, 5.41) is 4.33. The van der Waals surface area contributed by atoms with Gasteiger partial charge in [0.25, 0.3) is 0 Å². The predicted molar refractivity (Wildman–Crippen MR) is 97.7 cm³/mol. The second kappa shape index (κ2) is 7.71. The van der Waals surface area contributed by atoms with E-state index in [2.05, 4.69) is 27.2 Å². The molecule has 0 bridgehead atoms. The summed E-state index contributed by atoms with van der Waals surface area (Å²) < 4.78 is 5.75. The zero-order valence-corrected chi connectivity index (χ0v) is 15.0. The highest BCUT2D eigenvalue weighted by atomic mass is 35.5. The number of morpholine rings is 1. The number of ether oxygens (including phenoxy) is 1. The number of rotatable bonds is 3. The third-order valence-electron chi connectivity index (χ3n) is 5.85. The summed E-state index contributed by atoms with van der Waals surface area (Å²) in [6.45, 7) is 7.50. The molecule has 0 saturated carbocycles. The molecular formula is C19H28ClN3O. The maximum Gasteiger partial charge on any atom is 0.0634 e. The van der Waals surface area contributed by atoms with Crippen molar-refractivity contribution in [3.8, 4) is 0 Å². The summed E-state index contributed by atoms with van der Waals surface area (Å²) in [7, 11) is 0. The van der Waals surface area contributed by atoms with Gasteiger partial charge in [0.05, 0.1) is 13.2 Å². The maximum atomic E-state index is 6.06. The van der Waals surface area contributed by atoms with Crippen LogP contribution in [0.15, 0.2) is 24.3 Å². The Morgan fingerprint density at radius 3 is 2.67 bits per heavy atom. The minimum absolute atomic E-state index is 0.579. The molecule has 3 aliphatic heterocycles. The number of hydrogen-bond donors (Lipinski definition) is 1. The van der Waals surface area contributed by atoms with Gasteiger partial charge in [0.1, 0.15) is 0 Å². The normalized spacial score (nSPS) is 30.2. The zero-order chi connectivity index (χ0) is 16.4. The van der Waals surface area contributed by atoms with Gasteiger partial charge in [0, 0.05) is 42.8 Å². The number of hydrogen-bond acceptors (Lipinski definition) is 4. The molecule has 2 atom stereocenters. The Kier molecular flexibility index (Phi) is 5.40. The van der Waals surface area contributed by atoms with Gasteiger partial charge in [0.15, 0.2) is 0 Å². The Bertz CT molecular complexity index is 532. The average molecular weight is 350 g/mol. The van der Waals surface area contributed by atoms with Crippen molar-refractivity contribution in [2.45, 2.75) is 37.4 Å². The number of halogens is 1. The average Bonchev–Trinajstić information content (AvgIpc) is 2.64. The van der Waals surface area contributed by atoms with E-state index >= 15 is 0 Å². The molecule has 0 spiro atoms. The molecule has 3 heterocycles. The fourth-order valence-corrected chi connectivity index (χ4v) is 4.65. The first-order chi connectivity index (χ1) is 11.8. The van der Waals surface area contributed by atoms with E-state index in [1.54, 1.807) is 0 Å². The van der Waals surface area contributed by atoms with E-state index in [1.807, 2.05) is 12.1 Å². The van der Waals surface area contributed by atoms with Crippen LogP contribution in [0.2, 0.25) is 5.02 Å². The molecule has 4 nitrogen and oxygen atoms in total. The van der Waals surface area contributed by atoms with Gasteiger partial charge in [-0.15, -0.1) is 0 Å². The number of fused-ring (bicyclic) bond motifs is 1. The Labute approximate surface area is 150 Å². The van der Waals surface area contributed by atoms with Crippen molar-refractivity contribution >= 4 is 11.6 Å². The molecule has 132 valence electrons. The highest BCUT2D eigenvalue weighted by Gasteiger charge is 2.38. The standard InChI is InChI=1S/C19H28ClN3O/c20-16-3-1-15(2-4-16)11-18-12-22-9-10-24-14-19(22)13-23(18)17-5-7-21-8-6-17/h1-4,17-19,21H,5-14H2/t18-,19+/m0/s1. The van der Waals surface area contributed by atoms with Gasteiger partial charge in [-0.05, 0) is 50.0 Å². The molecule has 3 saturated heterocycles. The first kappa shape index (κ1) is 16.8. The lowest BCUT2D eigenvalue weighted by atomic mass is 9.94. The van der Waals surface area contributed by atoms with E-state index < -0.39 is 0 Å². The smallest absolute Gasteiger partial charge is 0.0634 e. The minimum Gasteiger partial charge on any atom is -0.378 e. The first-order valence-electron chi connectivity index (χ1n) is 9.32. The van der Waals surface area contributed by atoms with Gasteiger partial charge in [-0.1, -0.05) is 23.7 Å². The Morgan fingerprint density at radius 1 is 1.08 bits per heavy atom. The van der Waals surface area contributed by atoms with Gasteiger partial charge in [0.2, 0.25) is 0 Å². The third-order valence-corrected chi connectivity index (χ3v) is 6.10. The van der Waals surface area contributed by atoms with E-state index in [9.17, 15) is 0 Å². The summed E-state index contributed by atoms with van der Waals surface area (Å²) >= 11 is 6.06. The van der Waals surface area contributed by atoms with Crippen LogP contribution < -0.4 is 5.32 Å². The summed E-state index contributed by atoms with van der Waals surface area (Å²) in [6.07, 6.45) is 3.65. The van der Waals surface area contributed by atoms with Crippen LogP contribution in [0.3, 0.4) is 0 Å². The quantitative estimate of drug-likeness (QED) is 0.903. The van der Waals surface area contributed by atoms with Crippen molar-refractivity contribution in [2.24, 2.45) is 0 Å². The molecule has 1 N–H and O–H groups in total. The molecule has 1 aromatic carbocycles. The lowest BCUT2D eigenvalue weighted by Crippen LogP contribution is -2.65. The van der Waals surface area contributed by atoms with Crippen LogP contribution in [0.25, 0.3) is 0 Å². The number of nitrogens with one attached hydrogen (secondary N) is 1. The van der Waals surface area contributed by atoms with E-state index in [1.165, 1.54) is 24.9 Å². The molecule has 24 heavy (non-hydrogen) atoms. The highest BCUT2D eigenvalue weighted by molar-refractivity contribution is 6.30. The Balaban J connectivity index is 1.51. The van der Waals surface area contributed by atoms with E-state index in [4.69, 9.17) is 16.3 Å². The van der Waals surface area contributed by atoms with Gasteiger partial charge < -0.3 is 10.1 Å². The summed E-state index contributed by atoms with van der Waals surface area (Å²) in [6, 6.07) is 10.3. The van der Waals surface area contributed by atoms with Crippen LogP contribution in [0.4, 0.5) is 0 Å². The monoisotopic (exact) mass is 349 g/mol. The summed E-state index contributed by atoms with van der Waals surface area (Å²) in [5.41, 5.74) is 1.40. The Hall–Kier alpha value is -0.650. The van der Waals surface area contributed by atoms with Gasteiger partial charge in [-0.2, -0.15) is 0 Å². The highest BCUT2D eigenvalue weighted by Crippen LogP contribution is 2.26. The van der Waals surface area contributed by atoms with Crippen molar-refractivity contribution in [2.75, 3.05) is 45.9 Å². The number of piperazine rings is 1. The molecule has 3 fully saturated rings. The molecule has 0 radical (unpaired) electrons. The number of nitrogens with zero attached hydrogens (tertiary/aromatic N) is 2. The largest absolute Gasteiger partial charge is 0.378 e. The van der Waals surface area contributed by atoms with Crippen molar-refractivity contribution in [1.29, 1.82) is 0 Å². The lowest BCUT2D eigenvalue weighted by molar-refractivity contribution is -0.0771. The van der Waals surface area contributed by atoms with Crippen LogP contribution >= 0.6 is 11.6 Å². The number of piperidine rings is 1. The molecule has 0 aromatic heterocycles. The fourth-order valence-electron chi connectivity index (χ4n) is 4.53. The van der Waals surface area contributed by atoms with Crippen molar-refractivity contribution < 1.29 is 4.74 Å². The third kappa shape index (κ3) is 3.78. The minimum atomic E-state index is 0.579. The molecule has 3 aliphatic rings. The summed E-state index contributed by atoms with van der Waals surface area (Å²) in [5.74, 6) is 0. The second-order valence-corrected chi connectivity index (χ2v) is 7.82. The fraction of sp³-hybridized carbons (Fsp3) is 0.684. The van der Waals surface area contributed by atoms with Crippen LogP contribution in [0, 0.1) is 0 Å². The number of benzene rings is 1. The molecule has 0 amide bonds. The SMILES string of the molecule is Clc1ccc(C[C@H]2CN3CCOC[C@H]3CN2C2CCNCC2)cc1. The van der Waals surface area contributed by atoms with Crippen LogP contribution in [-0.4, -0.2) is 73.9 Å². The second-order valence-electron chi connectivity index (χ2n) is 7.39. The molecule has 0 unspecified atom stereocenters. The van der Waals surface area contributed by atoms with Crippen LogP contribution in [0.1, 0.15) is 18.4 Å². The lowest BCUT2D eigenvalue weighted by Gasteiger charge is -2.51. The van der Waals surface area contributed by atoms with E-state index in [0.29, 0.717) is 18.1 Å². The van der Waals surface area contributed by atoms with Crippen LogP contribution in [0.5, 0.6) is 0 Å².